The Morgan fingerprint density at radius 3 is 2.71 bits per heavy atom. The third kappa shape index (κ3) is 2.92. The Morgan fingerprint density at radius 1 is 1.19 bits per heavy atom. The summed E-state index contributed by atoms with van der Waals surface area (Å²) in [6.45, 7) is 0. The molecular weight excluding hydrogens is 332 g/mol. The Bertz CT molecular complexity index is 859. The molecule has 0 saturated heterocycles. The van der Waals surface area contributed by atoms with Crippen LogP contribution in [0.5, 0.6) is 0 Å². The molecule has 21 heavy (non-hydrogen) atoms. The summed E-state index contributed by atoms with van der Waals surface area (Å²) in [6.07, 6.45) is 4.81. The van der Waals surface area contributed by atoms with Crippen molar-refractivity contribution in [3.05, 3.63) is 53.3 Å². The third-order valence-electron chi connectivity index (χ3n) is 2.58. The van der Waals surface area contributed by atoms with Crippen molar-refractivity contribution in [1.29, 1.82) is 0 Å². The predicted molar refractivity (Wildman–Crippen MR) is 81.5 cm³/mol. The number of aromatic nitrogens is 3. The van der Waals surface area contributed by atoms with Gasteiger partial charge in [0.15, 0.2) is 5.82 Å². The van der Waals surface area contributed by atoms with Crippen LogP contribution >= 0.6 is 22.9 Å². The maximum absolute atomic E-state index is 12.3. The fourth-order valence-corrected chi connectivity index (χ4v) is 4.20. The number of rotatable bonds is 4. The molecule has 3 aromatic heterocycles. The van der Waals surface area contributed by atoms with Crippen LogP contribution in [0.4, 0.5) is 5.82 Å². The zero-order valence-corrected chi connectivity index (χ0v) is 12.9. The molecule has 0 unspecified atom stereocenters. The number of hydrogen-bond acceptors (Lipinski definition) is 5. The van der Waals surface area contributed by atoms with Gasteiger partial charge >= 0.3 is 0 Å². The average Bonchev–Trinajstić information content (AvgIpc) is 3.10. The van der Waals surface area contributed by atoms with Crippen molar-refractivity contribution in [1.82, 2.24) is 14.8 Å². The third-order valence-corrected chi connectivity index (χ3v) is 5.64. The standard InChI is InChI=1S/C12H9ClN4O2S2/c13-10-4-5-11(20-10)21(18,19)16-12-9(3-1-6-14-12)17-8-2-7-15-17/h1-8H,(H,14,16). The molecule has 0 bridgehead atoms. The minimum absolute atomic E-state index is 0.129. The Balaban J connectivity index is 1.99. The molecule has 3 rings (SSSR count). The van der Waals surface area contributed by atoms with Gasteiger partial charge in [-0.1, -0.05) is 11.6 Å². The first-order valence-electron chi connectivity index (χ1n) is 5.79. The molecule has 0 fully saturated rings. The van der Waals surface area contributed by atoms with Crippen molar-refractivity contribution >= 4 is 38.8 Å². The second-order valence-electron chi connectivity index (χ2n) is 3.99. The van der Waals surface area contributed by atoms with Gasteiger partial charge in [-0.15, -0.1) is 11.3 Å². The zero-order valence-electron chi connectivity index (χ0n) is 10.5. The lowest BCUT2D eigenvalue weighted by molar-refractivity contribution is 0.603. The van der Waals surface area contributed by atoms with Crippen LogP contribution in [0.2, 0.25) is 4.34 Å². The topological polar surface area (TPSA) is 76.9 Å². The minimum Gasteiger partial charge on any atom is -0.261 e. The molecule has 0 atom stereocenters. The average molecular weight is 341 g/mol. The van der Waals surface area contributed by atoms with Crippen LogP contribution in [0.15, 0.2) is 53.1 Å². The number of nitrogens with zero attached hydrogens (tertiary/aromatic N) is 3. The van der Waals surface area contributed by atoms with E-state index in [9.17, 15) is 8.42 Å². The maximum Gasteiger partial charge on any atom is 0.272 e. The first-order chi connectivity index (χ1) is 10.1. The second kappa shape index (κ2) is 5.47. The Morgan fingerprint density at radius 2 is 2.05 bits per heavy atom. The van der Waals surface area contributed by atoms with E-state index in [1.807, 2.05) is 0 Å². The molecule has 0 aromatic carbocycles. The van der Waals surface area contributed by atoms with Gasteiger partial charge in [-0.05, 0) is 30.3 Å². The highest BCUT2D eigenvalue weighted by Crippen LogP contribution is 2.28. The van der Waals surface area contributed by atoms with E-state index in [0.29, 0.717) is 10.0 Å². The lowest BCUT2D eigenvalue weighted by atomic mass is 10.4. The Labute approximate surface area is 130 Å². The highest BCUT2D eigenvalue weighted by molar-refractivity contribution is 7.94. The van der Waals surface area contributed by atoms with Crippen molar-refractivity contribution in [2.45, 2.75) is 4.21 Å². The van der Waals surface area contributed by atoms with E-state index in [-0.39, 0.29) is 10.0 Å². The van der Waals surface area contributed by atoms with E-state index in [4.69, 9.17) is 11.6 Å². The van der Waals surface area contributed by atoms with E-state index in [2.05, 4.69) is 14.8 Å². The van der Waals surface area contributed by atoms with E-state index >= 15 is 0 Å². The molecule has 0 amide bonds. The second-order valence-corrected chi connectivity index (χ2v) is 7.61. The van der Waals surface area contributed by atoms with Crippen LogP contribution in [-0.2, 0) is 10.0 Å². The minimum atomic E-state index is -3.73. The van der Waals surface area contributed by atoms with Crippen LogP contribution in [-0.4, -0.2) is 23.2 Å². The quantitative estimate of drug-likeness (QED) is 0.792. The highest BCUT2D eigenvalue weighted by Gasteiger charge is 2.19. The van der Waals surface area contributed by atoms with Crippen molar-refractivity contribution < 1.29 is 8.42 Å². The molecular formula is C12H9ClN4O2S2. The summed E-state index contributed by atoms with van der Waals surface area (Å²) in [5.74, 6) is 0.200. The van der Waals surface area contributed by atoms with Crippen LogP contribution < -0.4 is 4.72 Å². The molecule has 108 valence electrons. The number of anilines is 1. The molecule has 0 saturated carbocycles. The smallest absolute Gasteiger partial charge is 0.261 e. The summed E-state index contributed by atoms with van der Waals surface area (Å²) in [7, 11) is -3.73. The van der Waals surface area contributed by atoms with Gasteiger partial charge < -0.3 is 0 Å². The summed E-state index contributed by atoms with van der Waals surface area (Å²) in [5.41, 5.74) is 0.536. The Hall–Kier alpha value is -1.90. The van der Waals surface area contributed by atoms with Gasteiger partial charge in [0.2, 0.25) is 0 Å². The normalized spacial score (nSPS) is 11.5. The van der Waals surface area contributed by atoms with Crippen LogP contribution in [0.3, 0.4) is 0 Å². The molecule has 6 nitrogen and oxygen atoms in total. The van der Waals surface area contributed by atoms with Gasteiger partial charge in [0, 0.05) is 18.6 Å². The van der Waals surface area contributed by atoms with E-state index in [0.717, 1.165) is 11.3 Å². The number of pyridine rings is 1. The summed E-state index contributed by atoms with van der Waals surface area (Å²) >= 11 is 6.76. The molecule has 9 heteroatoms. The number of hydrogen-bond donors (Lipinski definition) is 1. The fraction of sp³-hybridized carbons (Fsp3) is 0. The molecule has 3 aromatic rings. The van der Waals surface area contributed by atoms with Gasteiger partial charge in [0.05, 0.1) is 4.34 Å². The van der Waals surface area contributed by atoms with Crippen molar-refractivity contribution in [3.63, 3.8) is 0 Å². The van der Waals surface area contributed by atoms with Crippen molar-refractivity contribution in [3.8, 4) is 5.69 Å². The van der Waals surface area contributed by atoms with Crippen molar-refractivity contribution in [2.75, 3.05) is 4.72 Å². The van der Waals surface area contributed by atoms with E-state index in [1.165, 1.54) is 23.0 Å². The fourth-order valence-electron chi connectivity index (χ4n) is 1.69. The molecule has 0 aliphatic heterocycles. The van der Waals surface area contributed by atoms with Gasteiger partial charge in [-0.2, -0.15) is 5.10 Å². The van der Waals surface area contributed by atoms with E-state index in [1.54, 1.807) is 30.6 Å². The number of sulfonamides is 1. The lowest BCUT2D eigenvalue weighted by Gasteiger charge is -2.10. The number of halogens is 1. The molecule has 3 heterocycles. The maximum atomic E-state index is 12.3. The summed E-state index contributed by atoms with van der Waals surface area (Å²) in [5, 5.41) is 4.08. The SMILES string of the molecule is O=S(=O)(Nc1ncccc1-n1cccn1)c1ccc(Cl)s1. The Kier molecular flexibility index (Phi) is 3.66. The zero-order chi connectivity index (χ0) is 14.9. The number of nitrogens with one attached hydrogen (secondary N) is 1. The lowest BCUT2D eigenvalue weighted by Crippen LogP contribution is -2.14. The summed E-state index contributed by atoms with van der Waals surface area (Å²) < 4.78 is 29.1. The summed E-state index contributed by atoms with van der Waals surface area (Å²) in [6, 6.07) is 8.15. The highest BCUT2D eigenvalue weighted by atomic mass is 35.5. The van der Waals surface area contributed by atoms with Gasteiger partial charge in [-0.3, -0.25) is 4.72 Å². The first-order valence-corrected chi connectivity index (χ1v) is 8.47. The first kappa shape index (κ1) is 14.1. The largest absolute Gasteiger partial charge is 0.272 e. The monoisotopic (exact) mass is 340 g/mol. The molecule has 0 aliphatic carbocycles. The molecule has 0 aliphatic rings. The van der Waals surface area contributed by atoms with Crippen LogP contribution in [0, 0.1) is 0 Å². The number of thiophene rings is 1. The van der Waals surface area contributed by atoms with Gasteiger partial charge in [0.25, 0.3) is 10.0 Å². The molecule has 0 spiro atoms. The van der Waals surface area contributed by atoms with Crippen molar-refractivity contribution in [2.24, 2.45) is 0 Å². The molecule has 0 radical (unpaired) electrons. The summed E-state index contributed by atoms with van der Waals surface area (Å²) in [4.78, 5) is 4.07. The van der Waals surface area contributed by atoms with Gasteiger partial charge in [0.1, 0.15) is 9.90 Å². The van der Waals surface area contributed by atoms with Gasteiger partial charge in [-0.25, -0.2) is 18.1 Å². The van der Waals surface area contributed by atoms with Crippen LogP contribution in [0.25, 0.3) is 5.69 Å². The van der Waals surface area contributed by atoms with E-state index < -0.39 is 10.0 Å². The molecule has 1 N–H and O–H groups in total. The predicted octanol–water partition coefficient (Wildman–Crippen LogP) is 2.78. The van der Waals surface area contributed by atoms with Crippen LogP contribution in [0.1, 0.15) is 0 Å².